The Morgan fingerprint density at radius 2 is 1.96 bits per heavy atom. The van der Waals surface area contributed by atoms with Gasteiger partial charge in [0, 0.05) is 12.6 Å². The molecule has 1 saturated heterocycles. The minimum Gasteiger partial charge on any atom is -0.507 e. The molecule has 2 aromatic carbocycles. The second kappa shape index (κ2) is 7.14. The lowest BCUT2D eigenvalue weighted by atomic mass is 9.94. The highest BCUT2D eigenvalue weighted by Gasteiger charge is 2.30. The summed E-state index contributed by atoms with van der Waals surface area (Å²) >= 11 is 0. The minimum absolute atomic E-state index is 0.128. The molecule has 0 aliphatic carbocycles. The zero-order valence-electron chi connectivity index (χ0n) is 14.5. The Bertz CT molecular complexity index is 943. The average molecular weight is 367 g/mol. The Labute approximate surface area is 155 Å². The van der Waals surface area contributed by atoms with Crippen LogP contribution in [0.3, 0.4) is 0 Å². The van der Waals surface area contributed by atoms with E-state index in [1.54, 1.807) is 29.2 Å². The molecule has 1 unspecified atom stereocenters. The number of piperidine rings is 1. The van der Waals surface area contributed by atoms with Gasteiger partial charge in [0.15, 0.2) is 0 Å². The van der Waals surface area contributed by atoms with Crippen LogP contribution >= 0.6 is 0 Å². The zero-order chi connectivity index (χ0) is 18.8. The minimum atomic E-state index is -0.303. The van der Waals surface area contributed by atoms with Gasteiger partial charge in [-0.25, -0.2) is 9.07 Å². The molecule has 0 saturated carbocycles. The van der Waals surface area contributed by atoms with E-state index in [9.17, 15) is 14.3 Å². The van der Waals surface area contributed by atoms with Gasteiger partial charge < -0.3 is 10.0 Å². The molecule has 138 valence electrons. The van der Waals surface area contributed by atoms with Crippen LogP contribution in [0.25, 0.3) is 5.69 Å². The molecule has 27 heavy (non-hydrogen) atoms. The summed E-state index contributed by atoms with van der Waals surface area (Å²) < 4.78 is 14.7. The quantitative estimate of drug-likeness (QED) is 0.769. The fraction of sp³-hybridized carbons (Fsp3) is 0.263. The van der Waals surface area contributed by atoms with Crippen LogP contribution in [0.4, 0.5) is 4.39 Å². The van der Waals surface area contributed by atoms with Crippen LogP contribution in [0.1, 0.15) is 41.2 Å². The third-order valence-electron chi connectivity index (χ3n) is 4.84. The molecule has 4 rings (SSSR count). The molecule has 1 amide bonds. The van der Waals surface area contributed by atoms with E-state index in [1.807, 2.05) is 0 Å². The first-order valence-electron chi connectivity index (χ1n) is 8.76. The van der Waals surface area contributed by atoms with Crippen molar-refractivity contribution in [2.45, 2.75) is 25.3 Å². The number of nitrogens with zero attached hydrogens (tertiary/aromatic N) is 5. The third-order valence-corrected chi connectivity index (χ3v) is 4.84. The Kier molecular flexibility index (Phi) is 4.53. The topological polar surface area (TPSA) is 84.1 Å². The predicted molar refractivity (Wildman–Crippen MR) is 94.8 cm³/mol. The number of likely N-dealkylation sites (tertiary alicyclic amines) is 1. The van der Waals surface area contributed by atoms with Crippen molar-refractivity contribution >= 4 is 5.91 Å². The van der Waals surface area contributed by atoms with E-state index >= 15 is 0 Å². The molecule has 8 heteroatoms. The molecule has 0 bridgehead atoms. The highest BCUT2D eigenvalue weighted by molar-refractivity contribution is 5.97. The van der Waals surface area contributed by atoms with E-state index in [4.69, 9.17) is 0 Å². The van der Waals surface area contributed by atoms with Crippen LogP contribution in [0.5, 0.6) is 5.75 Å². The van der Waals surface area contributed by atoms with E-state index in [1.165, 1.54) is 29.2 Å². The smallest absolute Gasteiger partial charge is 0.258 e. The van der Waals surface area contributed by atoms with E-state index in [-0.39, 0.29) is 29.1 Å². The van der Waals surface area contributed by atoms with Gasteiger partial charge in [-0.3, -0.25) is 4.79 Å². The lowest BCUT2D eigenvalue weighted by Gasteiger charge is -2.36. The fourth-order valence-electron chi connectivity index (χ4n) is 3.48. The summed E-state index contributed by atoms with van der Waals surface area (Å²) in [6, 6.07) is 10.8. The van der Waals surface area contributed by atoms with Crippen molar-refractivity contribution in [3.63, 3.8) is 0 Å². The van der Waals surface area contributed by atoms with E-state index < -0.39 is 0 Å². The molecule has 1 N–H and O–H groups in total. The first kappa shape index (κ1) is 17.1. The predicted octanol–water partition coefficient (Wildman–Crippen LogP) is 2.87. The van der Waals surface area contributed by atoms with E-state index in [0.717, 1.165) is 24.8 Å². The van der Waals surface area contributed by atoms with Gasteiger partial charge in [0.25, 0.3) is 5.91 Å². The Balaban J connectivity index is 1.63. The summed E-state index contributed by atoms with van der Waals surface area (Å²) in [7, 11) is 0. The summed E-state index contributed by atoms with van der Waals surface area (Å²) in [5.41, 5.74) is 1.68. The van der Waals surface area contributed by atoms with Crippen LogP contribution in [-0.2, 0) is 0 Å². The van der Waals surface area contributed by atoms with Crippen molar-refractivity contribution in [3.05, 3.63) is 65.7 Å². The molecular formula is C19H18FN5O2. The molecule has 7 nitrogen and oxygen atoms in total. The van der Waals surface area contributed by atoms with Crippen LogP contribution in [0.2, 0.25) is 0 Å². The number of phenolic OH excluding ortho intramolecular Hbond substituents is 1. The molecular weight excluding hydrogens is 349 g/mol. The van der Waals surface area contributed by atoms with Gasteiger partial charge in [-0.1, -0.05) is 12.1 Å². The number of tetrazole rings is 1. The number of benzene rings is 2. The molecule has 1 atom stereocenters. The number of aromatic nitrogens is 4. The van der Waals surface area contributed by atoms with Gasteiger partial charge in [-0.15, -0.1) is 5.10 Å². The highest BCUT2D eigenvalue weighted by atomic mass is 19.1. The van der Waals surface area contributed by atoms with Crippen molar-refractivity contribution in [2.24, 2.45) is 0 Å². The van der Waals surface area contributed by atoms with Crippen LogP contribution < -0.4 is 0 Å². The van der Waals surface area contributed by atoms with Crippen LogP contribution in [0, 0.1) is 5.82 Å². The maximum atomic E-state index is 13.3. The number of rotatable bonds is 3. The maximum absolute atomic E-state index is 13.3. The molecule has 1 aliphatic rings. The van der Waals surface area contributed by atoms with Crippen LogP contribution in [0.15, 0.2) is 48.8 Å². The molecule has 2 heterocycles. The second-order valence-corrected chi connectivity index (χ2v) is 6.52. The summed E-state index contributed by atoms with van der Waals surface area (Å²) in [6.45, 7) is 0.592. The fourth-order valence-corrected chi connectivity index (χ4v) is 3.48. The summed E-state index contributed by atoms with van der Waals surface area (Å²) in [5, 5.41) is 21.3. The molecule has 1 aliphatic heterocycles. The third kappa shape index (κ3) is 3.38. The maximum Gasteiger partial charge on any atom is 0.258 e. The lowest BCUT2D eigenvalue weighted by molar-refractivity contribution is 0.0608. The van der Waals surface area contributed by atoms with Crippen molar-refractivity contribution in [2.75, 3.05) is 6.54 Å². The van der Waals surface area contributed by atoms with Gasteiger partial charge in [-0.2, -0.15) is 0 Å². The number of amides is 1. The van der Waals surface area contributed by atoms with Crippen molar-refractivity contribution in [3.8, 4) is 11.4 Å². The number of hydrogen-bond donors (Lipinski definition) is 1. The molecule has 0 spiro atoms. The van der Waals surface area contributed by atoms with E-state index in [0.29, 0.717) is 12.2 Å². The summed E-state index contributed by atoms with van der Waals surface area (Å²) in [4.78, 5) is 14.9. The summed E-state index contributed by atoms with van der Waals surface area (Å²) in [6.07, 6.45) is 4.11. The first-order valence-corrected chi connectivity index (χ1v) is 8.76. The largest absolute Gasteiger partial charge is 0.507 e. The van der Waals surface area contributed by atoms with E-state index in [2.05, 4.69) is 15.5 Å². The molecule has 1 aromatic heterocycles. The van der Waals surface area contributed by atoms with Crippen LogP contribution in [-0.4, -0.2) is 42.7 Å². The SMILES string of the molecule is O=C(c1ccc(-n2cnnn2)cc1O)N1CCCCC1c1ccc(F)cc1. The van der Waals surface area contributed by atoms with Crippen molar-refractivity contribution < 1.29 is 14.3 Å². The second-order valence-electron chi connectivity index (χ2n) is 6.52. The number of phenols is 1. The Morgan fingerprint density at radius 3 is 2.67 bits per heavy atom. The summed E-state index contributed by atoms with van der Waals surface area (Å²) in [5.74, 6) is -0.676. The average Bonchev–Trinajstić information content (AvgIpc) is 3.23. The first-order chi connectivity index (χ1) is 13.1. The number of aromatic hydroxyl groups is 1. The molecule has 3 aromatic rings. The van der Waals surface area contributed by atoms with Crippen molar-refractivity contribution in [1.82, 2.24) is 25.1 Å². The Hall–Kier alpha value is -3.29. The molecule has 1 fully saturated rings. The number of hydrogen-bond acceptors (Lipinski definition) is 5. The normalized spacial score (nSPS) is 17.1. The highest BCUT2D eigenvalue weighted by Crippen LogP contribution is 2.34. The van der Waals surface area contributed by atoms with Gasteiger partial charge in [0.1, 0.15) is 17.9 Å². The van der Waals surface area contributed by atoms with Gasteiger partial charge in [0.05, 0.1) is 17.3 Å². The number of halogens is 1. The standard InChI is InChI=1S/C19H18FN5O2/c20-14-6-4-13(5-7-14)17-3-1-2-10-24(17)19(27)16-9-8-15(11-18(16)26)25-12-21-22-23-25/h4-9,11-12,17,26H,1-3,10H2. The van der Waals surface area contributed by atoms with Gasteiger partial charge in [-0.05, 0) is 59.5 Å². The molecule has 0 radical (unpaired) electrons. The lowest BCUT2D eigenvalue weighted by Crippen LogP contribution is -2.38. The monoisotopic (exact) mass is 367 g/mol. The number of carbonyl (C=O) groups excluding carboxylic acids is 1. The Morgan fingerprint density at radius 1 is 1.15 bits per heavy atom. The zero-order valence-corrected chi connectivity index (χ0v) is 14.5. The van der Waals surface area contributed by atoms with Gasteiger partial charge >= 0.3 is 0 Å². The number of carbonyl (C=O) groups is 1. The van der Waals surface area contributed by atoms with Crippen molar-refractivity contribution in [1.29, 1.82) is 0 Å². The van der Waals surface area contributed by atoms with Gasteiger partial charge in [0.2, 0.25) is 0 Å².